The van der Waals surface area contributed by atoms with Gasteiger partial charge in [0.15, 0.2) is 0 Å². The third-order valence-corrected chi connectivity index (χ3v) is 9.29. The lowest BCUT2D eigenvalue weighted by molar-refractivity contribution is 0.107. The first-order valence-corrected chi connectivity index (χ1v) is 11.9. The molecular weight excluding hydrogens is 324 g/mol. The highest BCUT2D eigenvalue weighted by molar-refractivity contribution is 5.49. The van der Waals surface area contributed by atoms with Gasteiger partial charge in [-0.15, -0.1) is 0 Å². The van der Waals surface area contributed by atoms with Crippen LogP contribution in [-0.4, -0.2) is 0 Å². The summed E-state index contributed by atoms with van der Waals surface area (Å²) in [5.41, 5.74) is 8.06. The number of fused-ring (bicyclic) bond motifs is 4. The van der Waals surface area contributed by atoms with Gasteiger partial charge in [-0.2, -0.15) is 0 Å². The third-order valence-electron chi connectivity index (χ3n) is 9.29. The normalized spacial score (nSPS) is 39.2. The van der Waals surface area contributed by atoms with E-state index in [2.05, 4.69) is 46.8 Å². The zero-order valence-corrected chi connectivity index (χ0v) is 18.7. The monoisotopic (exact) mass is 366 g/mol. The van der Waals surface area contributed by atoms with Gasteiger partial charge in [0, 0.05) is 0 Å². The van der Waals surface area contributed by atoms with Gasteiger partial charge in [0.05, 0.1) is 0 Å². The highest BCUT2D eigenvalue weighted by Gasteiger charge is 2.52. The fourth-order valence-corrected chi connectivity index (χ4v) is 7.62. The van der Waals surface area contributed by atoms with Crippen LogP contribution >= 0.6 is 0 Å². The Bertz CT molecular complexity index is 670. The van der Waals surface area contributed by atoms with Crippen LogP contribution in [0.15, 0.2) is 34.4 Å². The van der Waals surface area contributed by atoms with Gasteiger partial charge in [-0.25, -0.2) is 0 Å². The summed E-state index contributed by atoms with van der Waals surface area (Å²) in [6.07, 6.45) is 20.6. The van der Waals surface area contributed by atoms with Crippen molar-refractivity contribution in [3.05, 3.63) is 34.4 Å². The van der Waals surface area contributed by atoms with Crippen molar-refractivity contribution in [1.29, 1.82) is 0 Å². The topological polar surface area (TPSA) is 0 Å². The van der Waals surface area contributed by atoms with Crippen LogP contribution in [0, 0.1) is 28.6 Å². The van der Waals surface area contributed by atoms with E-state index in [-0.39, 0.29) is 0 Å². The van der Waals surface area contributed by atoms with Crippen LogP contribution in [0.2, 0.25) is 0 Å². The maximum atomic E-state index is 2.70. The molecule has 0 amide bonds. The largest absolute Gasteiger partial charge is 0.0859 e. The van der Waals surface area contributed by atoms with Crippen molar-refractivity contribution in [2.45, 2.75) is 105 Å². The Morgan fingerprint density at radius 3 is 2.70 bits per heavy atom. The predicted molar refractivity (Wildman–Crippen MR) is 118 cm³/mol. The van der Waals surface area contributed by atoms with E-state index in [0.29, 0.717) is 10.8 Å². The van der Waals surface area contributed by atoms with Crippen molar-refractivity contribution in [1.82, 2.24) is 0 Å². The fraction of sp³-hybridized carbons (Fsp3) is 0.778. The zero-order valence-electron chi connectivity index (χ0n) is 18.7. The molecule has 4 aliphatic rings. The summed E-state index contributed by atoms with van der Waals surface area (Å²) in [6.45, 7) is 12.3. The van der Waals surface area contributed by atoms with E-state index in [1.54, 1.807) is 0 Å². The second kappa shape index (κ2) is 7.23. The Morgan fingerprint density at radius 2 is 1.93 bits per heavy atom. The molecule has 4 rings (SSSR count). The summed E-state index contributed by atoms with van der Waals surface area (Å²) >= 11 is 0. The molecule has 0 nitrogen and oxygen atoms in total. The van der Waals surface area contributed by atoms with Crippen LogP contribution in [0.1, 0.15) is 105 Å². The van der Waals surface area contributed by atoms with Crippen molar-refractivity contribution >= 4 is 0 Å². The number of hydrogen-bond acceptors (Lipinski definition) is 0. The minimum absolute atomic E-state index is 0.459. The van der Waals surface area contributed by atoms with Crippen molar-refractivity contribution < 1.29 is 0 Å². The van der Waals surface area contributed by atoms with Crippen LogP contribution < -0.4 is 0 Å². The quantitative estimate of drug-likeness (QED) is 0.438. The van der Waals surface area contributed by atoms with Gasteiger partial charge in [-0.05, 0) is 111 Å². The second-order valence-corrected chi connectivity index (χ2v) is 11.1. The number of hydrogen-bond donors (Lipinski definition) is 0. The van der Waals surface area contributed by atoms with Crippen molar-refractivity contribution in [2.24, 2.45) is 28.6 Å². The summed E-state index contributed by atoms with van der Waals surface area (Å²) in [5, 5.41) is 0. The molecular formula is C27H42. The Hall–Kier alpha value is -0.780. The molecule has 0 aromatic heterocycles. The van der Waals surface area contributed by atoms with Gasteiger partial charge < -0.3 is 0 Å². The lowest BCUT2D eigenvalue weighted by Gasteiger charge is -2.53. The molecule has 0 aromatic rings. The molecule has 1 unspecified atom stereocenters. The Labute approximate surface area is 168 Å². The smallest absolute Gasteiger partial charge is 0.00389 e. The molecule has 5 atom stereocenters. The predicted octanol–water partition coefficient (Wildman–Crippen LogP) is 8.40. The minimum Gasteiger partial charge on any atom is -0.0859 e. The SMILES string of the molecule is CC(C)=CCC[C@@H](C)[C@H]1CC=C2C3=C(CC[C@@]21C)[C@@]1(C)CCCCC1CC3. The van der Waals surface area contributed by atoms with E-state index in [9.17, 15) is 0 Å². The molecule has 4 aliphatic carbocycles. The average molecular weight is 367 g/mol. The van der Waals surface area contributed by atoms with E-state index < -0.39 is 0 Å². The first kappa shape index (κ1) is 19.5. The van der Waals surface area contributed by atoms with Gasteiger partial charge in [0.1, 0.15) is 0 Å². The molecule has 150 valence electrons. The maximum absolute atomic E-state index is 2.70. The van der Waals surface area contributed by atoms with Crippen LogP contribution in [0.4, 0.5) is 0 Å². The summed E-state index contributed by atoms with van der Waals surface area (Å²) in [6, 6.07) is 0. The summed E-state index contributed by atoms with van der Waals surface area (Å²) < 4.78 is 0. The van der Waals surface area contributed by atoms with E-state index in [4.69, 9.17) is 0 Å². The Balaban J connectivity index is 1.57. The molecule has 0 heterocycles. The molecule has 0 saturated heterocycles. The summed E-state index contributed by atoms with van der Waals surface area (Å²) in [4.78, 5) is 0. The van der Waals surface area contributed by atoms with Crippen molar-refractivity contribution in [2.75, 3.05) is 0 Å². The van der Waals surface area contributed by atoms with E-state index in [1.165, 1.54) is 76.2 Å². The lowest BCUT2D eigenvalue weighted by atomic mass is 9.52. The lowest BCUT2D eigenvalue weighted by Crippen LogP contribution is -2.41. The molecule has 27 heavy (non-hydrogen) atoms. The van der Waals surface area contributed by atoms with Gasteiger partial charge in [-0.3, -0.25) is 0 Å². The highest BCUT2D eigenvalue weighted by atomic mass is 14.6. The molecule has 0 spiro atoms. The summed E-state index contributed by atoms with van der Waals surface area (Å²) in [5.74, 6) is 2.68. The van der Waals surface area contributed by atoms with E-state index in [0.717, 1.165) is 17.8 Å². The first-order valence-electron chi connectivity index (χ1n) is 11.9. The molecule has 0 aliphatic heterocycles. The van der Waals surface area contributed by atoms with Crippen LogP contribution in [-0.2, 0) is 0 Å². The first-order chi connectivity index (χ1) is 12.9. The van der Waals surface area contributed by atoms with Crippen LogP contribution in [0.25, 0.3) is 0 Å². The average Bonchev–Trinajstić information content (AvgIpc) is 2.98. The van der Waals surface area contributed by atoms with Crippen LogP contribution in [0.3, 0.4) is 0 Å². The molecule has 1 fully saturated rings. The second-order valence-electron chi connectivity index (χ2n) is 11.1. The van der Waals surface area contributed by atoms with E-state index in [1.807, 2.05) is 16.7 Å². The number of allylic oxidation sites excluding steroid dienone is 6. The van der Waals surface area contributed by atoms with Crippen molar-refractivity contribution in [3.63, 3.8) is 0 Å². The molecule has 0 N–H and O–H groups in total. The molecule has 0 heteroatoms. The van der Waals surface area contributed by atoms with Crippen molar-refractivity contribution in [3.8, 4) is 0 Å². The molecule has 0 bridgehead atoms. The highest BCUT2D eigenvalue weighted by Crippen LogP contribution is 2.64. The van der Waals surface area contributed by atoms with E-state index >= 15 is 0 Å². The number of rotatable bonds is 4. The third kappa shape index (κ3) is 3.20. The van der Waals surface area contributed by atoms with Gasteiger partial charge in [0.25, 0.3) is 0 Å². The Morgan fingerprint density at radius 1 is 1.11 bits per heavy atom. The Kier molecular flexibility index (Phi) is 5.23. The van der Waals surface area contributed by atoms with Gasteiger partial charge >= 0.3 is 0 Å². The zero-order chi connectivity index (χ0) is 19.2. The standard InChI is InChI=1S/C27H42/c1-19(2)9-8-10-20(3)23-14-15-24-22-13-12-21-11-6-7-17-26(21,4)25(22)16-18-27(23,24)5/h9,15,20-21,23H,6-8,10-14,16-18H2,1-5H3/t20-,21?,23-,26+,27-/m1/s1. The van der Waals surface area contributed by atoms with Crippen LogP contribution in [0.5, 0.6) is 0 Å². The molecule has 1 saturated carbocycles. The van der Waals surface area contributed by atoms with Gasteiger partial charge in [0.2, 0.25) is 0 Å². The molecule has 0 aromatic carbocycles. The maximum Gasteiger partial charge on any atom is -0.00389 e. The summed E-state index contributed by atoms with van der Waals surface area (Å²) in [7, 11) is 0. The van der Waals surface area contributed by atoms with Gasteiger partial charge in [-0.1, -0.05) is 56.9 Å². The minimum atomic E-state index is 0.459. The fourth-order valence-electron chi connectivity index (χ4n) is 7.62. The molecule has 0 radical (unpaired) electrons.